The number of nitrogens with two attached hydrogens (primary N) is 1. The molecule has 7 nitrogen and oxygen atoms in total. The monoisotopic (exact) mass is 391 g/mol. The van der Waals surface area contributed by atoms with Crippen LogP contribution in [0, 0.1) is 11.6 Å². The van der Waals surface area contributed by atoms with Gasteiger partial charge in [-0.05, 0) is 19.1 Å². The van der Waals surface area contributed by atoms with E-state index in [-0.39, 0.29) is 12.2 Å². The number of nitrogens with one attached hydrogen (secondary N) is 3. The Labute approximate surface area is 160 Å². The molecule has 5 N–H and O–H groups in total. The normalized spacial score (nSPS) is 11.4. The first-order chi connectivity index (χ1) is 13.4. The molecule has 2 aromatic carbocycles. The predicted octanol–water partition coefficient (Wildman–Crippen LogP) is 1.05. The van der Waals surface area contributed by atoms with E-state index in [1.807, 2.05) is 0 Å². The lowest BCUT2D eigenvalue weighted by Crippen LogP contribution is -2.89. The highest BCUT2D eigenvalue weighted by atomic mass is 19.2. The van der Waals surface area contributed by atoms with Crippen molar-refractivity contribution in [2.75, 3.05) is 18.4 Å². The van der Waals surface area contributed by atoms with Gasteiger partial charge in [-0.25, -0.2) is 13.6 Å². The predicted molar refractivity (Wildman–Crippen MR) is 98.2 cm³/mol. The molecular formula is C19H21F2N4O3+. The van der Waals surface area contributed by atoms with E-state index in [1.54, 1.807) is 37.3 Å². The third-order valence-electron chi connectivity index (χ3n) is 3.76. The second-order valence-corrected chi connectivity index (χ2v) is 5.85. The van der Waals surface area contributed by atoms with Crippen LogP contribution < -0.4 is 21.3 Å². The maximum atomic E-state index is 13.2. The number of hydrogen-bond acceptors (Lipinski definition) is 3. The highest BCUT2D eigenvalue weighted by Crippen LogP contribution is 2.13. The molecule has 148 valence electrons. The van der Waals surface area contributed by atoms with Crippen LogP contribution in [0.15, 0.2) is 48.5 Å². The number of benzene rings is 2. The molecule has 0 unspecified atom stereocenters. The van der Waals surface area contributed by atoms with Crippen molar-refractivity contribution in [3.63, 3.8) is 0 Å². The van der Waals surface area contributed by atoms with E-state index in [2.05, 4.69) is 16.0 Å². The molecule has 0 aliphatic heterocycles. The Morgan fingerprint density at radius 2 is 1.75 bits per heavy atom. The molecule has 1 atom stereocenters. The molecule has 0 aromatic heterocycles. The Bertz CT molecular complexity index is 846. The number of hydrogen-bond donors (Lipinski definition) is 4. The molecule has 0 aliphatic carbocycles. The summed E-state index contributed by atoms with van der Waals surface area (Å²) in [4.78, 5) is 36.2. The summed E-state index contributed by atoms with van der Waals surface area (Å²) < 4.78 is 26.2. The zero-order valence-corrected chi connectivity index (χ0v) is 15.2. The molecule has 0 heterocycles. The van der Waals surface area contributed by atoms with Gasteiger partial charge in [-0.3, -0.25) is 14.9 Å². The average molecular weight is 391 g/mol. The van der Waals surface area contributed by atoms with E-state index in [0.29, 0.717) is 12.1 Å². The lowest BCUT2D eigenvalue weighted by atomic mass is 10.1. The minimum atomic E-state index is -1.08. The highest BCUT2D eigenvalue weighted by Gasteiger charge is 2.26. The summed E-state index contributed by atoms with van der Waals surface area (Å²) >= 11 is 0. The second kappa shape index (κ2) is 10.1. The molecule has 0 saturated heterocycles. The van der Waals surface area contributed by atoms with Crippen molar-refractivity contribution in [2.45, 2.75) is 13.0 Å². The van der Waals surface area contributed by atoms with Crippen LogP contribution >= 0.6 is 0 Å². The Morgan fingerprint density at radius 1 is 1.04 bits per heavy atom. The van der Waals surface area contributed by atoms with Crippen LogP contribution in [-0.4, -0.2) is 30.9 Å². The molecular weight excluding hydrogens is 370 g/mol. The first-order valence-electron chi connectivity index (χ1n) is 8.62. The number of halogens is 2. The van der Waals surface area contributed by atoms with Gasteiger partial charge in [-0.1, -0.05) is 30.3 Å². The number of carbonyl (C=O) groups is 3. The third kappa shape index (κ3) is 6.13. The van der Waals surface area contributed by atoms with E-state index < -0.39 is 35.5 Å². The first kappa shape index (κ1) is 21.0. The van der Waals surface area contributed by atoms with Gasteiger partial charge in [-0.15, -0.1) is 0 Å². The van der Waals surface area contributed by atoms with Gasteiger partial charge in [0.15, 0.2) is 24.2 Å². The van der Waals surface area contributed by atoms with Crippen molar-refractivity contribution in [3.05, 3.63) is 65.7 Å². The number of carbonyl (C=O) groups excluding carboxylic acids is 3. The molecule has 0 bridgehead atoms. The van der Waals surface area contributed by atoms with Crippen LogP contribution in [0.25, 0.3) is 0 Å². The van der Waals surface area contributed by atoms with Crippen molar-refractivity contribution in [1.82, 2.24) is 10.6 Å². The van der Waals surface area contributed by atoms with Crippen molar-refractivity contribution < 1.29 is 28.5 Å². The number of rotatable bonds is 7. The summed E-state index contributed by atoms with van der Waals surface area (Å²) in [7, 11) is 0. The first-order valence-corrected chi connectivity index (χ1v) is 8.62. The minimum absolute atomic E-state index is 0.0975. The highest BCUT2D eigenvalue weighted by molar-refractivity contribution is 5.97. The third-order valence-corrected chi connectivity index (χ3v) is 3.76. The minimum Gasteiger partial charge on any atom is -0.338 e. The van der Waals surface area contributed by atoms with Crippen molar-refractivity contribution in [3.8, 4) is 0 Å². The average Bonchev–Trinajstić information content (AvgIpc) is 2.66. The second-order valence-electron chi connectivity index (χ2n) is 5.85. The van der Waals surface area contributed by atoms with E-state index in [1.165, 1.54) is 11.4 Å². The fourth-order valence-corrected chi connectivity index (χ4v) is 2.46. The summed E-state index contributed by atoms with van der Waals surface area (Å²) in [5, 5.41) is 8.56. The quantitative estimate of drug-likeness (QED) is 0.567. The van der Waals surface area contributed by atoms with Gasteiger partial charge < -0.3 is 16.0 Å². The van der Waals surface area contributed by atoms with Gasteiger partial charge in [0, 0.05) is 23.9 Å². The summed E-state index contributed by atoms with van der Waals surface area (Å²) in [5.74, 6) is -3.20. The van der Waals surface area contributed by atoms with Crippen LogP contribution in [0.4, 0.5) is 19.3 Å². The maximum Gasteiger partial charge on any atom is 0.321 e. The van der Waals surface area contributed by atoms with E-state index in [4.69, 9.17) is 0 Å². The van der Waals surface area contributed by atoms with Gasteiger partial charge >= 0.3 is 6.03 Å². The Morgan fingerprint density at radius 3 is 2.39 bits per heavy atom. The standard InChI is InChI=1S/C19H20F2N4O3/c1-2-22-19(28)25-18(27)17(12-6-4-3-5-7-12)23-11-16(26)24-13-8-9-14(20)15(21)10-13/h3-10,17,23H,2,11H2,1H3,(H,24,26)(H2,22,25,27,28)/p+1/t17-/m0/s1. The summed E-state index contributed by atoms with van der Waals surface area (Å²) in [6.45, 7) is 1.89. The van der Waals surface area contributed by atoms with Gasteiger partial charge in [0.05, 0.1) is 0 Å². The summed E-state index contributed by atoms with van der Waals surface area (Å²) in [6, 6.07) is 10.2. The molecule has 0 aliphatic rings. The van der Waals surface area contributed by atoms with E-state index >= 15 is 0 Å². The molecule has 28 heavy (non-hydrogen) atoms. The summed E-state index contributed by atoms with van der Waals surface area (Å²) in [5.41, 5.74) is 0.699. The number of anilines is 1. The Hall–Kier alpha value is -3.33. The fraction of sp³-hybridized carbons (Fsp3) is 0.211. The molecule has 0 radical (unpaired) electrons. The smallest absolute Gasteiger partial charge is 0.321 e. The molecule has 2 rings (SSSR count). The topological polar surface area (TPSA) is 104 Å². The van der Waals surface area contributed by atoms with Crippen LogP contribution in [0.2, 0.25) is 0 Å². The molecule has 0 fully saturated rings. The van der Waals surface area contributed by atoms with Crippen LogP contribution in [0.1, 0.15) is 18.5 Å². The van der Waals surface area contributed by atoms with Gasteiger partial charge in [0.1, 0.15) is 0 Å². The van der Waals surface area contributed by atoms with Crippen LogP contribution in [0.5, 0.6) is 0 Å². The molecule has 9 heteroatoms. The zero-order chi connectivity index (χ0) is 20.5. The molecule has 2 aromatic rings. The Kier molecular flexibility index (Phi) is 7.58. The van der Waals surface area contributed by atoms with Gasteiger partial charge in [0.2, 0.25) is 0 Å². The zero-order valence-electron chi connectivity index (χ0n) is 15.2. The van der Waals surface area contributed by atoms with E-state index in [9.17, 15) is 23.2 Å². The fourth-order valence-electron chi connectivity index (χ4n) is 2.46. The maximum absolute atomic E-state index is 13.2. The van der Waals surface area contributed by atoms with Crippen molar-refractivity contribution in [2.24, 2.45) is 0 Å². The molecule has 0 spiro atoms. The lowest BCUT2D eigenvalue weighted by Gasteiger charge is -2.15. The molecule has 0 saturated carbocycles. The van der Waals surface area contributed by atoms with Crippen LogP contribution in [-0.2, 0) is 9.59 Å². The number of amides is 4. The number of urea groups is 1. The van der Waals surface area contributed by atoms with E-state index in [0.717, 1.165) is 12.1 Å². The Balaban J connectivity index is 2.03. The van der Waals surface area contributed by atoms with Crippen molar-refractivity contribution >= 4 is 23.5 Å². The lowest BCUT2D eigenvalue weighted by molar-refractivity contribution is -0.672. The van der Waals surface area contributed by atoms with Crippen LogP contribution in [0.3, 0.4) is 0 Å². The number of imide groups is 1. The summed E-state index contributed by atoms with van der Waals surface area (Å²) in [6.07, 6.45) is 0. The molecule has 4 amide bonds. The van der Waals surface area contributed by atoms with Gasteiger partial charge in [0.25, 0.3) is 11.8 Å². The SMILES string of the molecule is CCNC(=O)NC(=O)[C@@H]([NH2+]CC(=O)Nc1ccc(F)c(F)c1)c1ccccc1. The van der Waals surface area contributed by atoms with Crippen molar-refractivity contribution in [1.29, 1.82) is 0 Å². The van der Waals surface area contributed by atoms with Gasteiger partial charge in [-0.2, -0.15) is 0 Å². The largest absolute Gasteiger partial charge is 0.338 e. The number of quaternary nitrogens is 1.